The molecule has 0 bridgehead atoms. The summed E-state index contributed by atoms with van der Waals surface area (Å²) >= 11 is 3.27. The predicted octanol–water partition coefficient (Wildman–Crippen LogP) is 0.973. The predicted molar refractivity (Wildman–Crippen MR) is 84.8 cm³/mol. The molecule has 1 atom stereocenters. The van der Waals surface area contributed by atoms with Crippen LogP contribution < -0.4 is 5.32 Å². The van der Waals surface area contributed by atoms with E-state index >= 15 is 0 Å². The van der Waals surface area contributed by atoms with Crippen LogP contribution in [0.5, 0.6) is 0 Å². The first kappa shape index (κ1) is 18.6. The van der Waals surface area contributed by atoms with Gasteiger partial charge in [0.25, 0.3) is 0 Å². The zero-order valence-electron chi connectivity index (χ0n) is 12.1. The van der Waals surface area contributed by atoms with Gasteiger partial charge in [0.1, 0.15) is 0 Å². The van der Waals surface area contributed by atoms with Crippen molar-refractivity contribution in [3.8, 4) is 0 Å². The molecule has 1 rings (SSSR count). The van der Waals surface area contributed by atoms with E-state index in [4.69, 9.17) is 5.11 Å². The molecular formula is C13H17BrN2O5S. The lowest BCUT2D eigenvalue weighted by Crippen LogP contribution is -2.39. The molecule has 0 aromatic heterocycles. The minimum Gasteiger partial charge on any atom is -0.481 e. The summed E-state index contributed by atoms with van der Waals surface area (Å²) < 4.78 is 24.3. The highest BCUT2D eigenvalue weighted by molar-refractivity contribution is 9.10. The lowest BCUT2D eigenvalue weighted by molar-refractivity contribution is -0.137. The van der Waals surface area contributed by atoms with Gasteiger partial charge in [-0.15, -0.1) is 0 Å². The molecule has 0 radical (unpaired) electrons. The van der Waals surface area contributed by atoms with Crippen molar-refractivity contribution in [2.45, 2.75) is 12.5 Å². The molecule has 0 heterocycles. The van der Waals surface area contributed by atoms with Gasteiger partial charge in [0.05, 0.1) is 25.3 Å². The van der Waals surface area contributed by atoms with Crippen LogP contribution in [-0.2, 0) is 19.6 Å². The lowest BCUT2D eigenvalue weighted by Gasteiger charge is -2.20. The molecule has 0 aliphatic heterocycles. The average Bonchev–Trinajstić information content (AvgIpc) is 2.37. The largest absolute Gasteiger partial charge is 0.481 e. The summed E-state index contributed by atoms with van der Waals surface area (Å²) in [6, 6.07) is 6.13. The number of aliphatic carboxylic acids is 1. The first-order chi connectivity index (χ1) is 10.1. The highest BCUT2D eigenvalue weighted by atomic mass is 79.9. The van der Waals surface area contributed by atoms with E-state index < -0.39 is 27.9 Å². The van der Waals surface area contributed by atoms with Crippen LogP contribution in [0.4, 0.5) is 0 Å². The van der Waals surface area contributed by atoms with Crippen molar-refractivity contribution in [2.24, 2.45) is 0 Å². The number of halogens is 1. The van der Waals surface area contributed by atoms with Gasteiger partial charge >= 0.3 is 5.97 Å². The molecule has 0 aliphatic carbocycles. The zero-order chi connectivity index (χ0) is 16.9. The maximum Gasteiger partial charge on any atom is 0.305 e. The zero-order valence-corrected chi connectivity index (χ0v) is 14.5. The molecule has 0 saturated heterocycles. The van der Waals surface area contributed by atoms with E-state index in [0.29, 0.717) is 5.56 Å². The summed E-state index contributed by atoms with van der Waals surface area (Å²) in [5.74, 6) is -1.63. The number of hydrogen-bond acceptors (Lipinski definition) is 4. The van der Waals surface area contributed by atoms with E-state index in [2.05, 4.69) is 21.2 Å². The highest BCUT2D eigenvalue weighted by Gasteiger charge is 2.21. The molecule has 9 heteroatoms. The fourth-order valence-electron chi connectivity index (χ4n) is 1.68. The second-order valence-electron chi connectivity index (χ2n) is 4.79. The Hall–Kier alpha value is -1.45. The van der Waals surface area contributed by atoms with Gasteiger partial charge in [-0.3, -0.25) is 9.59 Å². The minimum absolute atomic E-state index is 0.296. The maximum atomic E-state index is 11.9. The van der Waals surface area contributed by atoms with Crippen molar-refractivity contribution in [3.05, 3.63) is 34.3 Å². The molecule has 2 N–H and O–H groups in total. The van der Waals surface area contributed by atoms with Crippen molar-refractivity contribution in [3.63, 3.8) is 0 Å². The molecule has 0 fully saturated rings. The summed E-state index contributed by atoms with van der Waals surface area (Å²) in [6.45, 7) is -0.370. The number of benzene rings is 1. The van der Waals surface area contributed by atoms with Gasteiger partial charge in [-0.25, -0.2) is 8.42 Å². The van der Waals surface area contributed by atoms with Crippen LogP contribution >= 0.6 is 15.9 Å². The van der Waals surface area contributed by atoms with Gasteiger partial charge in [0.2, 0.25) is 15.9 Å². The van der Waals surface area contributed by atoms with E-state index in [1.807, 2.05) is 0 Å². The number of carbonyl (C=O) groups excluding carboxylic acids is 1. The highest BCUT2D eigenvalue weighted by Crippen LogP contribution is 2.19. The number of carbonyl (C=O) groups is 2. The van der Waals surface area contributed by atoms with Gasteiger partial charge in [-0.1, -0.05) is 28.1 Å². The SMILES string of the molecule is CN(CC(=O)NC(CC(=O)O)c1ccc(Br)cc1)S(C)(=O)=O. The van der Waals surface area contributed by atoms with Crippen molar-refractivity contribution >= 4 is 37.8 Å². The number of likely N-dealkylation sites (N-methyl/N-ethyl adjacent to an activating group) is 1. The number of nitrogens with zero attached hydrogens (tertiary/aromatic N) is 1. The molecule has 1 unspecified atom stereocenters. The Balaban J connectivity index is 2.83. The summed E-state index contributed by atoms with van der Waals surface area (Å²) in [5.41, 5.74) is 0.626. The normalized spacial score (nSPS) is 12.9. The van der Waals surface area contributed by atoms with Crippen molar-refractivity contribution in [2.75, 3.05) is 19.8 Å². The molecule has 1 aromatic carbocycles. The number of rotatable bonds is 7. The number of hydrogen-bond donors (Lipinski definition) is 2. The summed E-state index contributed by atoms with van der Waals surface area (Å²) in [4.78, 5) is 22.9. The smallest absolute Gasteiger partial charge is 0.305 e. The second kappa shape index (κ2) is 7.70. The number of sulfonamides is 1. The van der Waals surface area contributed by atoms with Crippen LogP contribution in [0.2, 0.25) is 0 Å². The lowest BCUT2D eigenvalue weighted by atomic mass is 10.0. The van der Waals surface area contributed by atoms with Crippen molar-refractivity contribution in [1.29, 1.82) is 0 Å². The van der Waals surface area contributed by atoms with Gasteiger partial charge < -0.3 is 10.4 Å². The summed E-state index contributed by atoms with van der Waals surface area (Å²) in [6.07, 6.45) is 0.694. The molecule has 122 valence electrons. The standard InChI is InChI=1S/C13H17BrN2O5S/c1-16(22(2,20)21)8-12(17)15-11(7-13(18)19)9-3-5-10(14)6-4-9/h3-6,11H,7-8H2,1-2H3,(H,15,17)(H,18,19). The van der Waals surface area contributed by atoms with Crippen LogP contribution in [0, 0.1) is 0 Å². The first-order valence-electron chi connectivity index (χ1n) is 6.27. The molecule has 0 aliphatic rings. The third-order valence-electron chi connectivity index (χ3n) is 2.92. The molecular weight excluding hydrogens is 376 g/mol. The fourth-order valence-corrected chi connectivity index (χ4v) is 2.30. The van der Waals surface area contributed by atoms with E-state index in [1.165, 1.54) is 7.05 Å². The first-order valence-corrected chi connectivity index (χ1v) is 8.91. The summed E-state index contributed by atoms with van der Waals surface area (Å²) in [5, 5.41) is 11.5. The average molecular weight is 393 g/mol. The topological polar surface area (TPSA) is 104 Å². The Morgan fingerprint density at radius 2 is 1.86 bits per heavy atom. The number of amides is 1. The molecule has 0 saturated carbocycles. The van der Waals surface area contributed by atoms with Crippen LogP contribution in [0.15, 0.2) is 28.7 Å². The molecule has 7 nitrogen and oxygen atoms in total. The third kappa shape index (κ3) is 6.12. The van der Waals surface area contributed by atoms with E-state index in [-0.39, 0.29) is 13.0 Å². The second-order valence-corrected chi connectivity index (χ2v) is 7.79. The van der Waals surface area contributed by atoms with Gasteiger partial charge in [0.15, 0.2) is 0 Å². The third-order valence-corrected chi connectivity index (χ3v) is 4.71. The fraction of sp³-hybridized carbons (Fsp3) is 0.385. The Bertz CT molecular complexity index is 645. The van der Waals surface area contributed by atoms with Gasteiger partial charge in [0, 0.05) is 11.5 Å². The van der Waals surface area contributed by atoms with E-state index in [0.717, 1.165) is 15.0 Å². The van der Waals surface area contributed by atoms with Crippen LogP contribution in [0.3, 0.4) is 0 Å². The number of carboxylic acids is 1. The maximum absolute atomic E-state index is 11.9. The Morgan fingerprint density at radius 1 is 1.32 bits per heavy atom. The van der Waals surface area contributed by atoms with Crippen LogP contribution in [0.25, 0.3) is 0 Å². The molecule has 22 heavy (non-hydrogen) atoms. The van der Waals surface area contributed by atoms with Crippen molar-refractivity contribution in [1.82, 2.24) is 9.62 Å². The number of carboxylic acid groups (broad SMARTS) is 1. The Morgan fingerprint density at radius 3 is 2.32 bits per heavy atom. The minimum atomic E-state index is -3.48. The molecule has 1 aromatic rings. The van der Waals surface area contributed by atoms with E-state index in [1.54, 1.807) is 24.3 Å². The monoisotopic (exact) mass is 392 g/mol. The molecule has 0 spiro atoms. The van der Waals surface area contributed by atoms with Crippen LogP contribution in [0.1, 0.15) is 18.0 Å². The van der Waals surface area contributed by atoms with Gasteiger partial charge in [-0.05, 0) is 17.7 Å². The van der Waals surface area contributed by atoms with Gasteiger partial charge in [-0.2, -0.15) is 4.31 Å². The Kier molecular flexibility index (Phi) is 6.51. The van der Waals surface area contributed by atoms with Crippen molar-refractivity contribution < 1.29 is 23.1 Å². The summed E-state index contributed by atoms with van der Waals surface area (Å²) in [7, 11) is -2.20. The Labute approximate surface area is 137 Å². The van der Waals surface area contributed by atoms with Crippen LogP contribution in [-0.4, -0.2) is 49.6 Å². The quantitative estimate of drug-likeness (QED) is 0.719. The number of nitrogens with one attached hydrogen (secondary N) is 1. The molecule has 1 amide bonds. The van der Waals surface area contributed by atoms with E-state index in [9.17, 15) is 18.0 Å².